The molecule has 0 aliphatic carbocycles. The lowest BCUT2D eigenvalue weighted by Crippen LogP contribution is -2.29. The molecule has 8 nitrogen and oxygen atoms in total. The van der Waals surface area contributed by atoms with E-state index in [4.69, 9.17) is 0 Å². The Kier molecular flexibility index (Phi) is 5.96. The molecule has 3 N–H and O–H groups in total. The molecule has 4 aromatic rings. The normalized spacial score (nSPS) is 16.0. The van der Waals surface area contributed by atoms with Crippen LogP contribution in [0.5, 0.6) is 0 Å². The number of nitrogens with zero attached hydrogens (tertiary/aromatic N) is 4. The zero-order valence-electron chi connectivity index (χ0n) is 18.3. The van der Waals surface area contributed by atoms with Crippen LogP contribution in [0, 0.1) is 0 Å². The van der Waals surface area contributed by atoms with E-state index in [1.807, 2.05) is 23.7 Å². The molecule has 1 amide bonds. The Bertz CT molecular complexity index is 1300. The number of β-amino-alcohol motifs (C(OH)–C–C–N with tert-alkyl or cyclic N) is 1. The number of nitrogens with one attached hydrogen (secondary N) is 2. The number of rotatable bonds is 6. The predicted molar refractivity (Wildman–Crippen MR) is 134 cm³/mol. The van der Waals surface area contributed by atoms with Gasteiger partial charge in [0, 0.05) is 48.1 Å². The average Bonchev–Trinajstić information content (AvgIpc) is 3.53. The molecular weight excluding hydrogens is 456 g/mol. The molecule has 1 saturated heterocycles. The number of likely N-dealkylation sites (tertiary alicyclic amines) is 1. The third kappa shape index (κ3) is 4.68. The summed E-state index contributed by atoms with van der Waals surface area (Å²) in [6.07, 6.45) is 1.94. The van der Waals surface area contributed by atoms with Gasteiger partial charge < -0.3 is 20.6 Å². The van der Waals surface area contributed by atoms with Crippen LogP contribution in [0.1, 0.15) is 30.8 Å². The summed E-state index contributed by atoms with van der Waals surface area (Å²) in [7, 11) is 0. The molecule has 1 aromatic carbocycles. The van der Waals surface area contributed by atoms with Gasteiger partial charge in [-0.15, -0.1) is 22.7 Å². The van der Waals surface area contributed by atoms with Crippen molar-refractivity contribution in [1.29, 1.82) is 0 Å². The van der Waals surface area contributed by atoms with E-state index in [0.29, 0.717) is 31.0 Å². The van der Waals surface area contributed by atoms with Crippen LogP contribution in [0.2, 0.25) is 0 Å². The summed E-state index contributed by atoms with van der Waals surface area (Å²) < 4.78 is 1.11. The Morgan fingerprint density at radius 3 is 2.91 bits per heavy atom. The van der Waals surface area contributed by atoms with E-state index in [9.17, 15) is 9.90 Å². The van der Waals surface area contributed by atoms with Crippen LogP contribution < -0.4 is 10.6 Å². The van der Waals surface area contributed by atoms with Crippen molar-refractivity contribution < 1.29 is 9.90 Å². The van der Waals surface area contributed by atoms with Gasteiger partial charge in [0.15, 0.2) is 0 Å². The minimum Gasteiger partial charge on any atom is -0.391 e. The Morgan fingerprint density at radius 1 is 1.24 bits per heavy atom. The molecule has 1 unspecified atom stereocenters. The second kappa shape index (κ2) is 9.05. The Labute approximate surface area is 199 Å². The van der Waals surface area contributed by atoms with Crippen LogP contribution in [-0.4, -0.2) is 56.1 Å². The Balaban J connectivity index is 1.41. The highest BCUT2D eigenvalue weighted by molar-refractivity contribution is 7.16. The third-order valence-corrected chi connectivity index (χ3v) is 7.02. The molecule has 1 aliphatic rings. The number of hydrogen-bond acceptors (Lipinski definition) is 9. The summed E-state index contributed by atoms with van der Waals surface area (Å²) in [6.45, 7) is 5.07. The maximum atomic E-state index is 12.7. The van der Waals surface area contributed by atoms with Crippen LogP contribution >= 0.6 is 22.7 Å². The van der Waals surface area contributed by atoms with Gasteiger partial charge in [0.25, 0.3) is 5.91 Å². The van der Waals surface area contributed by atoms with Gasteiger partial charge in [0.05, 0.1) is 27.4 Å². The van der Waals surface area contributed by atoms with Crippen LogP contribution in [-0.2, 0) is 0 Å². The van der Waals surface area contributed by atoms with Crippen molar-refractivity contribution >= 4 is 56.0 Å². The fourth-order valence-corrected chi connectivity index (χ4v) is 5.32. The van der Waals surface area contributed by atoms with Crippen molar-refractivity contribution in [3.05, 3.63) is 47.0 Å². The predicted octanol–water partition coefficient (Wildman–Crippen LogP) is 4.59. The molecule has 4 heterocycles. The number of aromatic nitrogens is 3. The number of aliphatic hydroxyl groups excluding tert-OH is 1. The van der Waals surface area contributed by atoms with Gasteiger partial charge in [-0.25, -0.2) is 15.0 Å². The zero-order chi connectivity index (χ0) is 22.9. The van der Waals surface area contributed by atoms with Gasteiger partial charge in [-0.3, -0.25) is 4.79 Å². The summed E-state index contributed by atoms with van der Waals surface area (Å²) in [5.74, 6) is 0.571. The molecule has 1 atom stereocenters. The minimum absolute atomic E-state index is 0.142. The van der Waals surface area contributed by atoms with Crippen LogP contribution in [0.3, 0.4) is 0 Å². The molecule has 10 heteroatoms. The lowest BCUT2D eigenvalue weighted by atomic mass is 10.2. The monoisotopic (exact) mass is 480 g/mol. The van der Waals surface area contributed by atoms with E-state index in [1.165, 1.54) is 11.3 Å². The first-order valence-corrected chi connectivity index (χ1v) is 12.5. The summed E-state index contributed by atoms with van der Waals surface area (Å²) >= 11 is 3.02. The summed E-state index contributed by atoms with van der Waals surface area (Å²) in [4.78, 5) is 27.9. The minimum atomic E-state index is -0.449. The lowest BCUT2D eigenvalue weighted by molar-refractivity contribution is 0.0760. The third-order valence-electron chi connectivity index (χ3n) is 5.36. The van der Waals surface area contributed by atoms with Gasteiger partial charge in [-0.2, -0.15) is 0 Å². The standard InChI is InChI=1S/C23H24N6O2S2/c1-13(2)26-18-8-21(27-14-3-4-17-20(7-14)33-12-25-17)24-9-16(18)22-28-19(11-32-22)23(31)29-6-5-15(30)10-29/h3-4,7-9,11-13,15,30H,5-6,10H2,1-2H3,(H2,24,26,27). The largest absolute Gasteiger partial charge is 0.391 e. The van der Waals surface area contributed by atoms with Crippen molar-refractivity contribution in [2.45, 2.75) is 32.4 Å². The Hall–Kier alpha value is -3.08. The average molecular weight is 481 g/mol. The zero-order valence-corrected chi connectivity index (χ0v) is 19.9. The molecule has 0 saturated carbocycles. The lowest BCUT2D eigenvalue weighted by Gasteiger charge is -2.16. The molecule has 1 fully saturated rings. The van der Waals surface area contributed by atoms with Crippen molar-refractivity contribution in [1.82, 2.24) is 19.9 Å². The molecule has 0 radical (unpaired) electrons. The highest BCUT2D eigenvalue weighted by Gasteiger charge is 2.27. The fraction of sp³-hybridized carbons (Fsp3) is 0.304. The van der Waals surface area contributed by atoms with Crippen molar-refractivity contribution in [3.63, 3.8) is 0 Å². The van der Waals surface area contributed by atoms with E-state index in [1.54, 1.807) is 27.8 Å². The highest BCUT2D eigenvalue weighted by Crippen LogP contribution is 2.33. The maximum absolute atomic E-state index is 12.7. The molecule has 1 aliphatic heterocycles. The number of hydrogen-bond donors (Lipinski definition) is 3. The molecule has 170 valence electrons. The van der Waals surface area contributed by atoms with Crippen molar-refractivity contribution in [2.75, 3.05) is 23.7 Å². The summed E-state index contributed by atoms with van der Waals surface area (Å²) in [6, 6.07) is 8.21. The van der Waals surface area contributed by atoms with Gasteiger partial charge in [0.1, 0.15) is 16.5 Å². The van der Waals surface area contributed by atoms with E-state index < -0.39 is 6.10 Å². The molecular formula is C23H24N6O2S2. The van der Waals surface area contributed by atoms with Crippen LogP contribution in [0.4, 0.5) is 17.2 Å². The molecule has 33 heavy (non-hydrogen) atoms. The van der Waals surface area contributed by atoms with Gasteiger partial charge in [-0.1, -0.05) is 0 Å². The second-order valence-electron chi connectivity index (χ2n) is 8.31. The van der Waals surface area contributed by atoms with Gasteiger partial charge in [0.2, 0.25) is 0 Å². The van der Waals surface area contributed by atoms with E-state index in [2.05, 4.69) is 45.5 Å². The van der Waals surface area contributed by atoms with Crippen LogP contribution in [0.15, 0.2) is 41.4 Å². The number of pyridine rings is 1. The number of aliphatic hydroxyl groups is 1. The van der Waals surface area contributed by atoms with Gasteiger partial charge in [-0.05, 0) is 38.5 Å². The Morgan fingerprint density at radius 2 is 2.12 bits per heavy atom. The van der Waals surface area contributed by atoms with Crippen molar-refractivity contribution in [3.8, 4) is 10.6 Å². The van der Waals surface area contributed by atoms with E-state index in [-0.39, 0.29) is 11.9 Å². The number of fused-ring (bicyclic) bond motifs is 1. The highest BCUT2D eigenvalue weighted by atomic mass is 32.1. The number of anilines is 3. The molecule has 0 bridgehead atoms. The van der Waals surface area contributed by atoms with E-state index in [0.717, 1.165) is 32.2 Å². The number of amides is 1. The molecule has 0 spiro atoms. The second-order valence-corrected chi connectivity index (χ2v) is 10.1. The van der Waals surface area contributed by atoms with Crippen LogP contribution in [0.25, 0.3) is 20.8 Å². The maximum Gasteiger partial charge on any atom is 0.273 e. The molecule has 3 aromatic heterocycles. The summed E-state index contributed by atoms with van der Waals surface area (Å²) in [5, 5.41) is 19.1. The number of thiazole rings is 2. The van der Waals surface area contributed by atoms with Crippen molar-refractivity contribution in [2.24, 2.45) is 0 Å². The number of benzene rings is 1. The van der Waals surface area contributed by atoms with E-state index >= 15 is 0 Å². The first-order chi connectivity index (χ1) is 16.0. The molecule has 5 rings (SSSR count). The smallest absolute Gasteiger partial charge is 0.273 e. The first-order valence-electron chi connectivity index (χ1n) is 10.8. The topological polar surface area (TPSA) is 103 Å². The SMILES string of the molecule is CC(C)Nc1cc(Nc2ccc3ncsc3c2)ncc1-c1nc(C(=O)N2CCC(O)C2)cs1. The number of carbonyl (C=O) groups excluding carboxylic acids is 1. The number of carbonyl (C=O) groups is 1. The summed E-state index contributed by atoms with van der Waals surface area (Å²) in [5.41, 5.74) is 5.90. The van der Waals surface area contributed by atoms with Gasteiger partial charge >= 0.3 is 0 Å². The quantitative estimate of drug-likeness (QED) is 0.371. The first kappa shape index (κ1) is 21.7. The fourth-order valence-electron chi connectivity index (χ4n) is 3.79.